The summed E-state index contributed by atoms with van der Waals surface area (Å²) in [4.78, 5) is 12.2. The van der Waals surface area contributed by atoms with Gasteiger partial charge in [0.05, 0.1) is 17.0 Å². The zero-order valence-corrected chi connectivity index (χ0v) is 14.1. The van der Waals surface area contributed by atoms with Gasteiger partial charge in [-0.05, 0) is 37.1 Å². The fraction of sp³-hybridized carbons (Fsp3) is 0.167. The molecule has 1 N–H and O–H groups in total. The molecule has 0 aliphatic heterocycles. The van der Waals surface area contributed by atoms with E-state index < -0.39 is 0 Å². The smallest absolute Gasteiger partial charge is 0.322 e. The van der Waals surface area contributed by atoms with E-state index in [1.165, 1.54) is 5.56 Å². The molecule has 6 heteroatoms. The number of amides is 1. The molecule has 0 fully saturated rings. The number of carbonyl (C=O) groups is 1. The first-order valence-electron chi connectivity index (χ1n) is 7.47. The summed E-state index contributed by atoms with van der Waals surface area (Å²) in [5, 5.41) is 10.8. The molecule has 5 nitrogen and oxygen atoms in total. The average Bonchev–Trinajstić information content (AvgIpc) is 2.97. The van der Waals surface area contributed by atoms with E-state index in [0.717, 1.165) is 11.1 Å². The molecule has 0 unspecified atom stereocenters. The molecule has 0 spiro atoms. The van der Waals surface area contributed by atoms with E-state index in [2.05, 4.69) is 21.6 Å². The maximum Gasteiger partial charge on any atom is 0.322 e. The van der Waals surface area contributed by atoms with Crippen LogP contribution in [0.15, 0.2) is 46.9 Å². The van der Waals surface area contributed by atoms with Crippen molar-refractivity contribution in [2.75, 3.05) is 5.32 Å². The maximum atomic E-state index is 12.2. The Morgan fingerprint density at radius 3 is 2.71 bits per heavy atom. The van der Waals surface area contributed by atoms with Gasteiger partial charge in [-0.15, -0.1) is 5.10 Å². The summed E-state index contributed by atoms with van der Waals surface area (Å²) in [5.41, 5.74) is 3.82. The van der Waals surface area contributed by atoms with Crippen LogP contribution in [0.1, 0.15) is 32.9 Å². The molecule has 0 bridgehead atoms. The summed E-state index contributed by atoms with van der Waals surface area (Å²) < 4.78 is 5.51. The minimum Gasteiger partial charge on any atom is -0.407 e. The van der Waals surface area contributed by atoms with Crippen LogP contribution in [0.3, 0.4) is 0 Å². The van der Waals surface area contributed by atoms with Crippen molar-refractivity contribution in [2.45, 2.75) is 20.3 Å². The van der Waals surface area contributed by atoms with Crippen molar-refractivity contribution in [3.63, 3.8) is 0 Å². The van der Waals surface area contributed by atoms with Gasteiger partial charge in [0.25, 0.3) is 5.91 Å². The summed E-state index contributed by atoms with van der Waals surface area (Å²) in [6.07, 6.45) is 0.515. The third-order valence-corrected chi connectivity index (χ3v) is 3.98. The minimum atomic E-state index is -0.387. The second-order valence-corrected chi connectivity index (χ2v) is 5.95. The Labute approximate surface area is 144 Å². The van der Waals surface area contributed by atoms with Gasteiger partial charge in [0.2, 0.25) is 5.89 Å². The summed E-state index contributed by atoms with van der Waals surface area (Å²) in [5.74, 6) is 0.0544. The van der Waals surface area contributed by atoms with Gasteiger partial charge in [-0.3, -0.25) is 10.1 Å². The molecule has 24 heavy (non-hydrogen) atoms. The van der Waals surface area contributed by atoms with Crippen molar-refractivity contribution in [3.8, 4) is 0 Å². The predicted octanol–water partition coefficient (Wildman–Crippen LogP) is 4.18. The topological polar surface area (TPSA) is 68.0 Å². The van der Waals surface area contributed by atoms with Gasteiger partial charge < -0.3 is 4.42 Å². The number of hydrogen-bond acceptors (Lipinski definition) is 4. The molecule has 1 aromatic heterocycles. The van der Waals surface area contributed by atoms with Crippen LogP contribution >= 0.6 is 11.6 Å². The van der Waals surface area contributed by atoms with Gasteiger partial charge in [0.1, 0.15) is 0 Å². The first kappa shape index (κ1) is 16.2. The monoisotopic (exact) mass is 341 g/mol. The number of benzene rings is 2. The van der Waals surface area contributed by atoms with Crippen LogP contribution in [0.2, 0.25) is 5.02 Å². The molecular formula is C18H16ClN3O2. The number of halogens is 1. The Hall–Kier alpha value is -2.66. The van der Waals surface area contributed by atoms with Crippen LogP contribution in [-0.2, 0) is 6.42 Å². The van der Waals surface area contributed by atoms with Crippen LogP contribution in [0.25, 0.3) is 0 Å². The standard InChI is InChI=1S/C18H16ClN3O2/c1-11-7-8-13(12(2)9-11)10-16-21-22-18(24-16)20-17(23)14-5-3-4-6-15(14)19/h3-9H,10H2,1-2H3,(H,20,22,23). The molecule has 3 rings (SSSR count). The maximum absolute atomic E-state index is 12.2. The first-order chi connectivity index (χ1) is 11.5. The average molecular weight is 342 g/mol. The molecule has 3 aromatic rings. The molecule has 0 aliphatic rings. The van der Waals surface area contributed by atoms with Crippen molar-refractivity contribution >= 4 is 23.5 Å². The molecule has 0 saturated heterocycles. The third kappa shape index (κ3) is 3.63. The SMILES string of the molecule is Cc1ccc(Cc2nnc(NC(=O)c3ccccc3Cl)o2)c(C)c1. The van der Waals surface area contributed by atoms with Crippen molar-refractivity contribution < 1.29 is 9.21 Å². The quantitative estimate of drug-likeness (QED) is 0.772. The Morgan fingerprint density at radius 2 is 1.96 bits per heavy atom. The lowest BCUT2D eigenvalue weighted by Gasteiger charge is -2.04. The normalized spacial score (nSPS) is 10.6. The highest BCUT2D eigenvalue weighted by atomic mass is 35.5. The van der Waals surface area contributed by atoms with E-state index in [1.54, 1.807) is 24.3 Å². The van der Waals surface area contributed by atoms with Crippen molar-refractivity contribution in [3.05, 3.63) is 75.6 Å². The Morgan fingerprint density at radius 1 is 1.17 bits per heavy atom. The molecular weight excluding hydrogens is 326 g/mol. The summed E-state index contributed by atoms with van der Waals surface area (Å²) >= 11 is 6.00. The molecule has 122 valence electrons. The molecule has 0 radical (unpaired) electrons. The summed E-state index contributed by atoms with van der Waals surface area (Å²) in [6, 6.07) is 13.0. The number of aryl methyl sites for hydroxylation is 2. The van der Waals surface area contributed by atoms with E-state index in [-0.39, 0.29) is 11.9 Å². The van der Waals surface area contributed by atoms with Crippen LogP contribution in [0.4, 0.5) is 6.01 Å². The Balaban J connectivity index is 1.72. The lowest BCUT2D eigenvalue weighted by Crippen LogP contribution is -2.12. The highest BCUT2D eigenvalue weighted by Crippen LogP contribution is 2.18. The number of carbonyl (C=O) groups excluding carboxylic acids is 1. The largest absolute Gasteiger partial charge is 0.407 e. The number of anilines is 1. The fourth-order valence-electron chi connectivity index (χ4n) is 2.39. The molecule has 0 aliphatic carbocycles. The number of hydrogen-bond donors (Lipinski definition) is 1. The van der Waals surface area contributed by atoms with E-state index in [0.29, 0.717) is 22.9 Å². The predicted molar refractivity (Wildman–Crippen MR) is 92.4 cm³/mol. The van der Waals surface area contributed by atoms with Gasteiger partial charge in [-0.1, -0.05) is 52.6 Å². The zero-order chi connectivity index (χ0) is 17.1. The van der Waals surface area contributed by atoms with Gasteiger partial charge >= 0.3 is 6.01 Å². The van der Waals surface area contributed by atoms with Crippen LogP contribution in [0, 0.1) is 13.8 Å². The third-order valence-electron chi connectivity index (χ3n) is 3.65. The van der Waals surface area contributed by atoms with Crippen molar-refractivity contribution in [2.24, 2.45) is 0 Å². The molecule has 2 aromatic carbocycles. The minimum absolute atomic E-state index is 0.0553. The highest BCUT2D eigenvalue weighted by molar-refractivity contribution is 6.34. The van der Waals surface area contributed by atoms with Gasteiger partial charge in [0.15, 0.2) is 0 Å². The molecule has 1 amide bonds. The zero-order valence-electron chi connectivity index (χ0n) is 13.3. The van der Waals surface area contributed by atoms with Crippen molar-refractivity contribution in [1.29, 1.82) is 0 Å². The van der Waals surface area contributed by atoms with Gasteiger partial charge in [0, 0.05) is 0 Å². The number of rotatable bonds is 4. The molecule has 0 saturated carbocycles. The second-order valence-electron chi connectivity index (χ2n) is 5.54. The van der Waals surface area contributed by atoms with Crippen LogP contribution in [0.5, 0.6) is 0 Å². The highest BCUT2D eigenvalue weighted by Gasteiger charge is 2.14. The van der Waals surface area contributed by atoms with E-state index in [4.69, 9.17) is 16.0 Å². The summed E-state index contributed by atoms with van der Waals surface area (Å²) in [6.45, 7) is 4.09. The fourth-order valence-corrected chi connectivity index (χ4v) is 2.61. The lowest BCUT2D eigenvalue weighted by molar-refractivity contribution is 0.102. The van der Waals surface area contributed by atoms with E-state index in [1.807, 2.05) is 26.0 Å². The molecule has 0 atom stereocenters. The molecule has 1 heterocycles. The van der Waals surface area contributed by atoms with E-state index >= 15 is 0 Å². The van der Waals surface area contributed by atoms with Crippen molar-refractivity contribution in [1.82, 2.24) is 10.2 Å². The van der Waals surface area contributed by atoms with Crippen LogP contribution < -0.4 is 5.32 Å². The van der Waals surface area contributed by atoms with E-state index in [9.17, 15) is 4.79 Å². The summed E-state index contributed by atoms with van der Waals surface area (Å²) in [7, 11) is 0. The lowest BCUT2D eigenvalue weighted by atomic mass is 10.0. The number of nitrogens with zero attached hydrogens (tertiary/aromatic N) is 2. The number of nitrogens with one attached hydrogen (secondary N) is 1. The Bertz CT molecular complexity index is 889. The van der Waals surface area contributed by atoms with Gasteiger partial charge in [-0.2, -0.15) is 0 Å². The second kappa shape index (κ2) is 6.84. The Kier molecular flexibility index (Phi) is 4.62. The van der Waals surface area contributed by atoms with Gasteiger partial charge in [-0.25, -0.2) is 0 Å². The van der Waals surface area contributed by atoms with Crippen LogP contribution in [-0.4, -0.2) is 16.1 Å². The number of aromatic nitrogens is 2. The first-order valence-corrected chi connectivity index (χ1v) is 7.85.